The van der Waals surface area contributed by atoms with E-state index in [9.17, 15) is 25.2 Å². The molecular formula is C54H75N3O7. The van der Waals surface area contributed by atoms with Crippen molar-refractivity contribution in [3.05, 3.63) is 82.5 Å². The lowest BCUT2D eigenvalue weighted by Gasteiger charge is -2.72. The fourth-order valence-electron chi connectivity index (χ4n) is 16.7. The maximum Gasteiger partial charge on any atom is 0.159 e. The Kier molecular flexibility index (Phi) is 11.8. The van der Waals surface area contributed by atoms with Gasteiger partial charge in [0.2, 0.25) is 0 Å². The molecule has 10 rings (SSSR count). The molecule has 4 saturated carbocycles. The lowest BCUT2D eigenvalue weighted by Crippen LogP contribution is -2.72. The number of nitrogen functional groups attached to an aromatic ring is 1. The summed E-state index contributed by atoms with van der Waals surface area (Å²) in [6.45, 7) is 13.8. The molecule has 8 aliphatic rings. The Bertz CT molecular complexity index is 2220. The van der Waals surface area contributed by atoms with Crippen LogP contribution in [0.4, 0.5) is 5.69 Å². The predicted molar refractivity (Wildman–Crippen MR) is 249 cm³/mol. The number of nitrogens with one attached hydrogen (secondary N) is 2. The predicted octanol–water partition coefficient (Wildman–Crippen LogP) is 7.49. The monoisotopic (exact) mass is 878 g/mol. The van der Waals surface area contributed by atoms with Crippen LogP contribution in [-0.2, 0) is 20.9 Å². The number of allylic oxidation sites excluding steroid dienone is 4. The molecule has 7 aliphatic carbocycles. The van der Waals surface area contributed by atoms with Crippen molar-refractivity contribution in [1.82, 2.24) is 10.6 Å². The molecule has 8 N–H and O–H groups in total. The summed E-state index contributed by atoms with van der Waals surface area (Å²) in [5, 5.41) is 52.1. The molecule has 2 bridgehead atoms. The average molecular weight is 878 g/mol. The molecule has 2 aromatic rings. The van der Waals surface area contributed by atoms with Crippen LogP contribution in [0.2, 0.25) is 0 Å². The summed E-state index contributed by atoms with van der Waals surface area (Å²) >= 11 is 0. The van der Waals surface area contributed by atoms with Crippen molar-refractivity contribution < 1.29 is 34.8 Å². The number of phenols is 1. The minimum absolute atomic E-state index is 0.0313. The lowest BCUT2D eigenvalue weighted by atomic mass is 9.31. The zero-order valence-electron chi connectivity index (χ0n) is 39.3. The van der Waals surface area contributed by atoms with Crippen LogP contribution in [0.3, 0.4) is 0 Å². The van der Waals surface area contributed by atoms with Crippen LogP contribution < -0.4 is 16.4 Å². The Morgan fingerprint density at radius 1 is 1.00 bits per heavy atom. The number of anilines is 1. The number of phenolic OH excluding ortho intramolecular Hbond substituents is 1. The lowest BCUT2D eigenvalue weighted by molar-refractivity contribution is -0.215. The van der Waals surface area contributed by atoms with Crippen molar-refractivity contribution in [3.8, 4) is 5.75 Å². The molecule has 0 radical (unpaired) electrons. The highest BCUT2D eigenvalue weighted by Gasteiger charge is 2.75. The van der Waals surface area contributed by atoms with E-state index in [-0.39, 0.29) is 65.7 Å². The third kappa shape index (κ3) is 6.85. The van der Waals surface area contributed by atoms with Crippen LogP contribution in [0.25, 0.3) is 0 Å². The van der Waals surface area contributed by atoms with Crippen LogP contribution in [0.15, 0.2) is 65.8 Å². The van der Waals surface area contributed by atoms with Gasteiger partial charge in [-0.25, -0.2) is 0 Å². The molecule has 10 heteroatoms. The van der Waals surface area contributed by atoms with Crippen molar-refractivity contribution in [1.29, 1.82) is 0 Å². The van der Waals surface area contributed by atoms with Gasteiger partial charge in [0.1, 0.15) is 17.6 Å². The van der Waals surface area contributed by atoms with E-state index in [2.05, 4.69) is 75.6 Å². The SMILES string of the molecule is CNCc1cc(O)cc([C@H]2C(=O)[C@@]3(C)CC=C[C@@H]2[C@@]2(C)[C@H]4CCC5=C([C@H](C)C[C@@H](O)[C@H]6O[C@]6(C)[C@H]6CCC[C@H]6c6cccc(N)c6)C(=O)C[C@]5(C)[C@@]4(CCO)C[C@H](NC[C@H](C)O)[C@H]23)c1. The van der Waals surface area contributed by atoms with Gasteiger partial charge >= 0.3 is 0 Å². The molecule has 1 heterocycles. The van der Waals surface area contributed by atoms with Gasteiger partial charge in [0.05, 0.1) is 23.7 Å². The van der Waals surface area contributed by atoms with E-state index in [1.807, 2.05) is 19.2 Å². The molecular weight excluding hydrogens is 803 g/mol. The number of epoxide rings is 1. The van der Waals surface area contributed by atoms with Gasteiger partial charge in [-0.2, -0.15) is 0 Å². The molecule has 0 amide bonds. The Morgan fingerprint density at radius 2 is 1.78 bits per heavy atom. The molecule has 1 aliphatic heterocycles. The number of carbonyl (C=O) groups is 2. The zero-order valence-corrected chi connectivity index (χ0v) is 39.3. The minimum atomic E-state index is -0.746. The molecule has 0 spiro atoms. The highest BCUT2D eigenvalue weighted by Crippen LogP contribution is 2.78. The first-order valence-electron chi connectivity index (χ1n) is 24.6. The van der Waals surface area contributed by atoms with E-state index in [0.717, 1.165) is 54.5 Å². The maximum atomic E-state index is 15.4. The summed E-state index contributed by atoms with van der Waals surface area (Å²) in [7, 11) is 1.88. The number of ether oxygens (including phenoxy) is 1. The number of benzene rings is 2. The van der Waals surface area contributed by atoms with Crippen molar-refractivity contribution >= 4 is 17.3 Å². The largest absolute Gasteiger partial charge is 0.508 e. The van der Waals surface area contributed by atoms with Gasteiger partial charge in [-0.3, -0.25) is 9.59 Å². The van der Waals surface area contributed by atoms with Gasteiger partial charge in [-0.05, 0) is 165 Å². The first-order valence-corrected chi connectivity index (χ1v) is 24.6. The standard InChI is InChI=1S/C54H75N3O7/c1-30(21-42(61)49-53(6,64-49)38-14-9-13-37(38)33-11-8-12-35(55)24-33)45-39-16-17-44-52(5)40-15-10-18-50(3,48(63)46(40)34-22-32(29-56-7)23-36(60)25-34)47(52)41(57-28-31(2)59)26-54(44,19-20-58)51(39,4)27-43(45)62/h8,10-12,15,22-25,30-31,37-38,40-42,44,46-47,49,56-61H,9,13-14,16-21,26-29,55H2,1-7H3/t30-,31+,37+,38+,40+,41+,42-,44-,46-,47+,49-,50+,51+,52+,53-,54+/m1/s1. The molecule has 348 valence electrons. The smallest absolute Gasteiger partial charge is 0.159 e. The van der Waals surface area contributed by atoms with Crippen LogP contribution >= 0.6 is 0 Å². The average Bonchev–Trinajstić information content (AvgIpc) is 3.61. The van der Waals surface area contributed by atoms with E-state index in [1.54, 1.807) is 19.1 Å². The van der Waals surface area contributed by atoms with Crippen molar-refractivity contribution in [3.63, 3.8) is 0 Å². The number of Topliss-reactive ketones (excluding diaryl/α,β-unsaturated/α-hetero) is 2. The van der Waals surface area contributed by atoms with Gasteiger partial charge in [-0.15, -0.1) is 0 Å². The molecule has 1 saturated heterocycles. The number of aliphatic hydroxyl groups is 3. The summed E-state index contributed by atoms with van der Waals surface area (Å²) < 4.78 is 6.52. The second-order valence-corrected chi connectivity index (χ2v) is 22.6. The topological polar surface area (TPSA) is 178 Å². The summed E-state index contributed by atoms with van der Waals surface area (Å²) in [6, 6.07) is 13.7. The van der Waals surface area contributed by atoms with Gasteiger partial charge in [0.25, 0.3) is 0 Å². The van der Waals surface area contributed by atoms with Crippen LogP contribution in [0.1, 0.15) is 134 Å². The summed E-state index contributed by atoms with van der Waals surface area (Å²) in [6.07, 6.45) is 10.2. The van der Waals surface area contributed by atoms with E-state index >= 15 is 4.79 Å². The van der Waals surface area contributed by atoms with E-state index in [0.29, 0.717) is 51.1 Å². The van der Waals surface area contributed by atoms with E-state index in [1.165, 1.54) is 11.1 Å². The van der Waals surface area contributed by atoms with Gasteiger partial charge in [-0.1, -0.05) is 70.0 Å². The van der Waals surface area contributed by atoms with Gasteiger partial charge in [0.15, 0.2) is 5.78 Å². The third-order valence-corrected chi connectivity index (χ3v) is 19.0. The number of aromatic hydroxyl groups is 1. The van der Waals surface area contributed by atoms with Crippen molar-refractivity contribution in [2.75, 3.05) is 25.9 Å². The summed E-state index contributed by atoms with van der Waals surface area (Å²) in [5.41, 5.74) is 9.28. The normalized spacial score (nSPS) is 41.3. The Hall–Kier alpha value is -3.38. The second kappa shape index (κ2) is 16.4. The van der Waals surface area contributed by atoms with Crippen LogP contribution in [-0.4, -0.2) is 82.1 Å². The van der Waals surface area contributed by atoms with Crippen LogP contribution in [0, 0.1) is 51.2 Å². The molecule has 2 aromatic carbocycles. The van der Waals surface area contributed by atoms with E-state index < -0.39 is 45.4 Å². The first kappa shape index (κ1) is 45.8. The van der Waals surface area contributed by atoms with Gasteiger partial charge < -0.3 is 41.5 Å². The molecule has 0 aromatic heterocycles. The van der Waals surface area contributed by atoms with Gasteiger partial charge in [0, 0.05) is 48.7 Å². The van der Waals surface area contributed by atoms with Crippen molar-refractivity contribution in [2.24, 2.45) is 51.2 Å². The third-order valence-electron chi connectivity index (χ3n) is 19.0. The Labute approximate surface area is 380 Å². The molecule has 5 fully saturated rings. The number of hydrogen-bond acceptors (Lipinski definition) is 10. The number of carbonyl (C=O) groups excluding carboxylic acids is 2. The summed E-state index contributed by atoms with van der Waals surface area (Å²) in [5.74, 6) is 0.195. The molecule has 10 nitrogen and oxygen atoms in total. The number of rotatable bonds is 14. The maximum absolute atomic E-state index is 15.4. The first-order chi connectivity index (χ1) is 30.4. The summed E-state index contributed by atoms with van der Waals surface area (Å²) in [4.78, 5) is 30.2. The highest BCUT2D eigenvalue weighted by molar-refractivity contribution is 6.01. The number of aliphatic hydroxyl groups excluding tert-OH is 3. The molecule has 64 heavy (non-hydrogen) atoms. The van der Waals surface area contributed by atoms with Crippen molar-refractivity contribution in [2.45, 2.75) is 154 Å². The number of ketones is 2. The zero-order chi connectivity index (χ0) is 45.7. The fourth-order valence-corrected chi connectivity index (χ4v) is 16.7. The van der Waals surface area contributed by atoms with E-state index in [4.69, 9.17) is 10.5 Å². The fraction of sp³-hybridized carbons (Fsp3) is 0.667. The Balaban J connectivity index is 1.08. The number of nitrogens with two attached hydrogens (primary N) is 1. The van der Waals surface area contributed by atoms with Crippen LogP contribution in [0.5, 0.6) is 5.75 Å². The number of hydrogen-bond donors (Lipinski definition) is 7. The highest BCUT2D eigenvalue weighted by atomic mass is 16.6. The number of fused-ring (bicyclic) bond motifs is 5. The quantitative estimate of drug-likeness (QED) is 0.0572. The Morgan fingerprint density at radius 3 is 2.50 bits per heavy atom. The minimum Gasteiger partial charge on any atom is -0.508 e. The molecule has 16 atom stereocenters. The molecule has 0 unspecified atom stereocenters. The second-order valence-electron chi connectivity index (χ2n) is 22.6.